The van der Waals surface area contributed by atoms with Crippen molar-refractivity contribution in [2.24, 2.45) is 0 Å². The fourth-order valence-electron chi connectivity index (χ4n) is 3.29. The molecule has 3 heterocycles. The van der Waals surface area contributed by atoms with E-state index in [0.717, 1.165) is 5.69 Å². The van der Waals surface area contributed by atoms with Crippen LogP contribution in [-0.4, -0.2) is 32.8 Å². The molecule has 4 N–H and O–H groups in total. The average Bonchev–Trinajstić information content (AvgIpc) is 3.17. The normalized spacial score (nSPS) is 15.8. The summed E-state index contributed by atoms with van der Waals surface area (Å²) in [5.74, 6) is 0.0519. The van der Waals surface area contributed by atoms with Crippen LogP contribution in [0.1, 0.15) is 18.7 Å². The van der Waals surface area contributed by atoms with E-state index in [1.54, 1.807) is 42.2 Å². The maximum atomic E-state index is 13.2. The third-order valence-electron chi connectivity index (χ3n) is 4.67. The molecule has 1 aliphatic rings. The predicted octanol–water partition coefficient (Wildman–Crippen LogP) is 3.14. The summed E-state index contributed by atoms with van der Waals surface area (Å²) in [6.07, 6.45) is 5.16. The Morgan fingerprint density at radius 3 is 2.61 bits per heavy atom. The smallest absolute Gasteiger partial charge is 0.319 e. The number of hydrogen-bond acceptors (Lipinski definition) is 6. The monoisotopic (exact) mass is 435 g/mol. The van der Waals surface area contributed by atoms with Crippen LogP contribution in [0.2, 0.25) is 0 Å². The maximum absolute atomic E-state index is 13.2. The van der Waals surface area contributed by atoms with E-state index in [2.05, 4.69) is 31.3 Å². The Morgan fingerprint density at radius 1 is 1.13 bits per heavy atom. The quantitative estimate of drug-likeness (QED) is 0.443. The Hall–Kier alpha value is -3.79. The third kappa shape index (κ3) is 4.38. The van der Waals surface area contributed by atoms with Crippen LogP contribution in [0.25, 0.3) is 0 Å². The summed E-state index contributed by atoms with van der Waals surface area (Å²) in [5, 5.41) is 9.00. The molecular formula is C21H21N7O2S. The molecule has 10 heteroatoms. The Balaban J connectivity index is 1.73. The molecular weight excluding hydrogens is 414 g/mol. The lowest BCUT2D eigenvalue weighted by molar-refractivity contribution is -0.113. The molecule has 31 heavy (non-hydrogen) atoms. The molecule has 158 valence electrons. The van der Waals surface area contributed by atoms with E-state index in [9.17, 15) is 9.59 Å². The zero-order valence-electron chi connectivity index (χ0n) is 16.9. The number of para-hydroxylation sites is 1. The molecule has 3 amide bonds. The van der Waals surface area contributed by atoms with Gasteiger partial charge in [-0.2, -0.15) is 0 Å². The molecule has 0 radical (unpaired) electrons. The molecule has 2 aromatic heterocycles. The number of pyridine rings is 1. The average molecular weight is 436 g/mol. The fraction of sp³-hybridized carbons (Fsp3) is 0.143. The summed E-state index contributed by atoms with van der Waals surface area (Å²) >= 11 is 1.45. The number of thioether (sulfide) groups is 1. The maximum Gasteiger partial charge on any atom is 0.319 e. The van der Waals surface area contributed by atoms with Gasteiger partial charge < -0.3 is 16.0 Å². The molecule has 0 aliphatic carbocycles. The number of nitrogens with zero attached hydrogens (tertiary/aromatic N) is 3. The Kier molecular flexibility index (Phi) is 5.89. The molecule has 0 spiro atoms. The number of allylic oxidation sites excluding steroid dienone is 1. The number of nitrogens with one attached hydrogen (secondary N) is 4. The van der Waals surface area contributed by atoms with Crippen molar-refractivity contribution in [1.82, 2.24) is 25.3 Å². The number of amides is 3. The molecule has 0 bridgehead atoms. The van der Waals surface area contributed by atoms with Crippen molar-refractivity contribution >= 4 is 35.2 Å². The first-order chi connectivity index (χ1) is 15.1. The number of urea groups is 1. The van der Waals surface area contributed by atoms with Crippen LogP contribution >= 0.6 is 11.8 Å². The second-order valence-electron chi connectivity index (χ2n) is 6.72. The van der Waals surface area contributed by atoms with Gasteiger partial charge in [0, 0.05) is 11.9 Å². The highest BCUT2D eigenvalue weighted by Gasteiger charge is 2.34. The topological polar surface area (TPSA) is 113 Å². The first kappa shape index (κ1) is 20.5. The second kappa shape index (κ2) is 8.92. The SMILES string of the molecule is CSc1ncc(C2NC(=O)NC(C)=C2C(=O)Nc2ccccn2)n1Nc1ccccc1. The van der Waals surface area contributed by atoms with Crippen molar-refractivity contribution < 1.29 is 9.59 Å². The van der Waals surface area contributed by atoms with E-state index in [1.807, 2.05) is 36.6 Å². The fourth-order valence-corrected chi connectivity index (χ4v) is 3.78. The summed E-state index contributed by atoms with van der Waals surface area (Å²) in [7, 11) is 0. The summed E-state index contributed by atoms with van der Waals surface area (Å²) in [6, 6.07) is 13.7. The van der Waals surface area contributed by atoms with Crippen LogP contribution < -0.4 is 21.4 Å². The van der Waals surface area contributed by atoms with Gasteiger partial charge in [0.25, 0.3) is 5.91 Å². The lowest BCUT2D eigenvalue weighted by atomic mass is 9.99. The van der Waals surface area contributed by atoms with Gasteiger partial charge in [-0.25, -0.2) is 19.4 Å². The van der Waals surface area contributed by atoms with E-state index in [-0.39, 0.29) is 5.91 Å². The van der Waals surface area contributed by atoms with Gasteiger partial charge in [0.1, 0.15) is 11.9 Å². The zero-order valence-corrected chi connectivity index (χ0v) is 17.7. The van der Waals surface area contributed by atoms with Gasteiger partial charge in [-0.1, -0.05) is 36.0 Å². The van der Waals surface area contributed by atoms with E-state index < -0.39 is 12.1 Å². The second-order valence-corrected chi connectivity index (χ2v) is 7.50. The molecule has 1 aliphatic heterocycles. The minimum absolute atomic E-state index is 0.369. The minimum Gasteiger partial charge on any atom is -0.325 e. The number of carbonyl (C=O) groups excluding carboxylic acids is 2. The van der Waals surface area contributed by atoms with E-state index in [0.29, 0.717) is 27.9 Å². The molecule has 3 aromatic rings. The summed E-state index contributed by atoms with van der Waals surface area (Å²) in [4.78, 5) is 34.0. The zero-order chi connectivity index (χ0) is 21.8. The molecule has 9 nitrogen and oxygen atoms in total. The van der Waals surface area contributed by atoms with Crippen molar-refractivity contribution in [2.45, 2.75) is 18.1 Å². The van der Waals surface area contributed by atoms with Crippen molar-refractivity contribution in [3.8, 4) is 0 Å². The number of rotatable bonds is 6. The number of aromatic nitrogens is 3. The molecule has 1 atom stereocenters. The van der Waals surface area contributed by atoms with Gasteiger partial charge in [-0.05, 0) is 37.4 Å². The Labute approximate surface area is 183 Å². The standard InChI is InChI=1S/C21H21N7O2S/c1-13-17(19(29)25-16-10-6-7-11-22-16)18(26-20(30)24-13)15-12-23-21(31-2)28(15)27-14-8-4-3-5-9-14/h3-12,18,27H,1-2H3,(H,22,25,29)(H2,24,26,30). The van der Waals surface area contributed by atoms with Crippen LogP contribution in [-0.2, 0) is 4.79 Å². The lowest BCUT2D eigenvalue weighted by Gasteiger charge is -2.29. The predicted molar refractivity (Wildman–Crippen MR) is 119 cm³/mol. The molecule has 0 saturated carbocycles. The summed E-state index contributed by atoms with van der Waals surface area (Å²) < 4.78 is 1.78. The number of carbonyl (C=O) groups is 2. The summed E-state index contributed by atoms with van der Waals surface area (Å²) in [5.41, 5.74) is 5.60. The van der Waals surface area contributed by atoms with Crippen LogP contribution in [0.3, 0.4) is 0 Å². The number of imidazole rings is 1. The van der Waals surface area contributed by atoms with Gasteiger partial charge >= 0.3 is 6.03 Å². The minimum atomic E-state index is -0.720. The first-order valence-electron chi connectivity index (χ1n) is 9.51. The van der Waals surface area contributed by atoms with Gasteiger partial charge in [-0.3, -0.25) is 10.2 Å². The number of benzene rings is 1. The first-order valence-corrected chi connectivity index (χ1v) is 10.7. The Bertz CT molecular complexity index is 1130. The highest BCUT2D eigenvalue weighted by molar-refractivity contribution is 7.98. The van der Waals surface area contributed by atoms with Gasteiger partial charge in [-0.15, -0.1) is 0 Å². The van der Waals surface area contributed by atoms with E-state index >= 15 is 0 Å². The van der Waals surface area contributed by atoms with Crippen LogP contribution in [0.15, 0.2) is 77.4 Å². The highest BCUT2D eigenvalue weighted by Crippen LogP contribution is 2.30. The number of anilines is 2. The van der Waals surface area contributed by atoms with Gasteiger partial charge in [0.15, 0.2) is 5.16 Å². The summed E-state index contributed by atoms with van der Waals surface area (Å²) in [6.45, 7) is 1.69. The van der Waals surface area contributed by atoms with Crippen LogP contribution in [0.4, 0.5) is 16.3 Å². The largest absolute Gasteiger partial charge is 0.325 e. The lowest BCUT2D eigenvalue weighted by Crippen LogP contribution is -2.46. The van der Waals surface area contributed by atoms with Crippen molar-refractivity contribution in [3.05, 3.63) is 77.9 Å². The van der Waals surface area contributed by atoms with E-state index in [1.165, 1.54) is 11.8 Å². The molecule has 0 fully saturated rings. The highest BCUT2D eigenvalue weighted by atomic mass is 32.2. The van der Waals surface area contributed by atoms with Gasteiger partial charge in [0.05, 0.1) is 23.2 Å². The molecule has 1 aromatic carbocycles. The molecule has 0 saturated heterocycles. The number of hydrogen-bond donors (Lipinski definition) is 4. The van der Waals surface area contributed by atoms with E-state index in [4.69, 9.17) is 0 Å². The van der Waals surface area contributed by atoms with Crippen LogP contribution in [0.5, 0.6) is 0 Å². The Morgan fingerprint density at radius 2 is 1.90 bits per heavy atom. The third-order valence-corrected chi connectivity index (χ3v) is 5.32. The van der Waals surface area contributed by atoms with Crippen molar-refractivity contribution in [2.75, 3.05) is 17.0 Å². The molecule has 4 rings (SSSR count). The molecule has 1 unspecified atom stereocenters. The van der Waals surface area contributed by atoms with Crippen molar-refractivity contribution in [3.63, 3.8) is 0 Å². The van der Waals surface area contributed by atoms with Crippen molar-refractivity contribution in [1.29, 1.82) is 0 Å². The van der Waals surface area contributed by atoms with Gasteiger partial charge in [0.2, 0.25) is 0 Å². The van der Waals surface area contributed by atoms with Crippen LogP contribution in [0, 0.1) is 0 Å².